The summed E-state index contributed by atoms with van der Waals surface area (Å²) in [4.78, 5) is 10.3. The lowest BCUT2D eigenvalue weighted by Gasteiger charge is -2.18. The summed E-state index contributed by atoms with van der Waals surface area (Å²) in [6.07, 6.45) is 1.53. The minimum Gasteiger partial charge on any atom is -0.449 e. The Morgan fingerprint density at radius 2 is 2.08 bits per heavy atom. The molecule has 0 aromatic heterocycles. The van der Waals surface area contributed by atoms with E-state index in [1.807, 2.05) is 0 Å². The fourth-order valence-electron chi connectivity index (χ4n) is 1.17. The van der Waals surface area contributed by atoms with E-state index < -0.39 is 6.09 Å². The van der Waals surface area contributed by atoms with Crippen molar-refractivity contribution in [2.24, 2.45) is 17.6 Å². The molecule has 0 rings (SSSR count). The van der Waals surface area contributed by atoms with E-state index in [1.54, 1.807) is 0 Å². The molecule has 0 aliphatic carbocycles. The van der Waals surface area contributed by atoms with Crippen molar-refractivity contribution in [1.82, 2.24) is 0 Å². The van der Waals surface area contributed by atoms with E-state index in [0.29, 0.717) is 18.4 Å². The summed E-state index contributed by atoms with van der Waals surface area (Å²) in [5, 5.41) is 0. The number of primary amides is 1. The van der Waals surface area contributed by atoms with Gasteiger partial charge in [0.15, 0.2) is 0 Å². The van der Waals surface area contributed by atoms with Gasteiger partial charge in [-0.25, -0.2) is 4.79 Å². The van der Waals surface area contributed by atoms with Crippen LogP contribution in [-0.4, -0.2) is 12.7 Å². The molecule has 0 aliphatic heterocycles. The Bertz CT molecular complexity index is 134. The fourth-order valence-corrected chi connectivity index (χ4v) is 1.17. The van der Waals surface area contributed by atoms with Crippen molar-refractivity contribution in [2.45, 2.75) is 33.6 Å². The normalized spacial score (nSPS) is 13.0. The van der Waals surface area contributed by atoms with Crippen LogP contribution in [-0.2, 0) is 4.74 Å². The molecule has 1 unspecified atom stereocenters. The first-order valence-corrected chi connectivity index (χ1v) is 4.50. The molecule has 0 saturated heterocycles. The summed E-state index contributed by atoms with van der Waals surface area (Å²) in [7, 11) is 0. The first kappa shape index (κ1) is 11.3. The van der Waals surface area contributed by atoms with Crippen LogP contribution in [0.4, 0.5) is 4.79 Å². The van der Waals surface area contributed by atoms with Crippen molar-refractivity contribution in [3.05, 3.63) is 0 Å². The third-order valence-electron chi connectivity index (χ3n) is 2.04. The van der Waals surface area contributed by atoms with Crippen LogP contribution in [0.15, 0.2) is 0 Å². The minimum absolute atomic E-state index is 0.447. The summed E-state index contributed by atoms with van der Waals surface area (Å²) in [5.74, 6) is 0.992. The highest BCUT2D eigenvalue weighted by atomic mass is 16.5. The van der Waals surface area contributed by atoms with Crippen LogP contribution < -0.4 is 5.73 Å². The molecular weight excluding hydrogens is 154 g/mol. The standard InChI is InChI=1S/C9H19NO2/c1-4-5-8(7(2)3)6-12-9(10)11/h7-8H,4-6H2,1-3H3,(H2,10,11). The molecule has 2 N–H and O–H groups in total. The van der Waals surface area contributed by atoms with Crippen molar-refractivity contribution in [1.29, 1.82) is 0 Å². The van der Waals surface area contributed by atoms with Gasteiger partial charge in [-0.15, -0.1) is 0 Å². The van der Waals surface area contributed by atoms with Crippen LogP contribution in [0.1, 0.15) is 33.6 Å². The van der Waals surface area contributed by atoms with Gasteiger partial charge in [-0.1, -0.05) is 27.2 Å². The zero-order chi connectivity index (χ0) is 9.56. The minimum atomic E-state index is -0.670. The molecule has 0 bridgehead atoms. The van der Waals surface area contributed by atoms with E-state index in [-0.39, 0.29) is 0 Å². The predicted molar refractivity (Wildman–Crippen MR) is 48.8 cm³/mol. The SMILES string of the molecule is CCCC(COC(N)=O)C(C)C. The molecule has 0 saturated carbocycles. The lowest BCUT2D eigenvalue weighted by atomic mass is 9.92. The predicted octanol–water partition coefficient (Wildman–Crippen LogP) is 2.15. The van der Waals surface area contributed by atoms with Crippen LogP contribution in [0.3, 0.4) is 0 Å². The number of hydrogen-bond acceptors (Lipinski definition) is 2. The summed E-state index contributed by atoms with van der Waals surface area (Å²) in [6.45, 7) is 6.84. The van der Waals surface area contributed by atoms with Gasteiger partial charge in [-0.2, -0.15) is 0 Å². The van der Waals surface area contributed by atoms with Crippen molar-refractivity contribution in [3.63, 3.8) is 0 Å². The van der Waals surface area contributed by atoms with Gasteiger partial charge in [-0.3, -0.25) is 0 Å². The molecular formula is C9H19NO2. The maximum Gasteiger partial charge on any atom is 0.404 e. The zero-order valence-electron chi connectivity index (χ0n) is 8.17. The molecule has 0 radical (unpaired) electrons. The molecule has 1 atom stereocenters. The number of carbonyl (C=O) groups is 1. The molecule has 0 fully saturated rings. The Hall–Kier alpha value is -0.730. The number of hydrogen-bond donors (Lipinski definition) is 1. The van der Waals surface area contributed by atoms with Crippen molar-refractivity contribution in [2.75, 3.05) is 6.61 Å². The van der Waals surface area contributed by atoms with E-state index in [9.17, 15) is 4.79 Å². The lowest BCUT2D eigenvalue weighted by molar-refractivity contribution is 0.119. The zero-order valence-corrected chi connectivity index (χ0v) is 8.17. The second-order valence-electron chi connectivity index (χ2n) is 3.42. The monoisotopic (exact) mass is 173 g/mol. The first-order valence-electron chi connectivity index (χ1n) is 4.50. The molecule has 0 aromatic carbocycles. The summed E-state index contributed by atoms with van der Waals surface area (Å²) in [5.41, 5.74) is 4.88. The maximum absolute atomic E-state index is 10.3. The Morgan fingerprint density at radius 1 is 1.50 bits per heavy atom. The Kier molecular flexibility index (Phi) is 5.51. The largest absolute Gasteiger partial charge is 0.449 e. The van der Waals surface area contributed by atoms with Crippen LogP contribution >= 0.6 is 0 Å². The number of amides is 1. The number of nitrogens with two attached hydrogens (primary N) is 1. The molecule has 0 aromatic rings. The molecule has 0 heterocycles. The van der Waals surface area contributed by atoms with Gasteiger partial charge in [0, 0.05) is 0 Å². The molecule has 1 amide bonds. The third-order valence-corrected chi connectivity index (χ3v) is 2.04. The van der Waals surface area contributed by atoms with Crippen LogP contribution in [0, 0.1) is 11.8 Å². The summed E-state index contributed by atoms with van der Waals surface area (Å²) < 4.78 is 4.76. The molecule has 12 heavy (non-hydrogen) atoms. The highest BCUT2D eigenvalue weighted by molar-refractivity contribution is 5.64. The molecule has 0 aliphatic rings. The lowest BCUT2D eigenvalue weighted by Crippen LogP contribution is -2.21. The summed E-state index contributed by atoms with van der Waals surface area (Å²) in [6, 6.07) is 0. The quantitative estimate of drug-likeness (QED) is 0.692. The second kappa shape index (κ2) is 5.86. The van der Waals surface area contributed by atoms with E-state index >= 15 is 0 Å². The van der Waals surface area contributed by atoms with E-state index in [0.717, 1.165) is 12.8 Å². The van der Waals surface area contributed by atoms with E-state index in [2.05, 4.69) is 20.8 Å². The van der Waals surface area contributed by atoms with Crippen LogP contribution in [0.25, 0.3) is 0 Å². The van der Waals surface area contributed by atoms with Gasteiger partial charge < -0.3 is 10.5 Å². The Labute approximate surface area is 74.3 Å². The second-order valence-corrected chi connectivity index (χ2v) is 3.42. The van der Waals surface area contributed by atoms with E-state index in [1.165, 1.54) is 0 Å². The van der Waals surface area contributed by atoms with Gasteiger partial charge in [0.2, 0.25) is 0 Å². The molecule has 3 nitrogen and oxygen atoms in total. The molecule has 72 valence electrons. The van der Waals surface area contributed by atoms with Crippen LogP contribution in [0.2, 0.25) is 0 Å². The Morgan fingerprint density at radius 3 is 2.42 bits per heavy atom. The van der Waals surface area contributed by atoms with Gasteiger partial charge in [-0.05, 0) is 18.3 Å². The number of ether oxygens (including phenoxy) is 1. The van der Waals surface area contributed by atoms with Crippen LogP contribution in [0.5, 0.6) is 0 Å². The molecule has 3 heteroatoms. The van der Waals surface area contributed by atoms with Crippen molar-refractivity contribution in [3.8, 4) is 0 Å². The fraction of sp³-hybridized carbons (Fsp3) is 0.889. The van der Waals surface area contributed by atoms with Crippen molar-refractivity contribution >= 4 is 6.09 Å². The Balaban J connectivity index is 3.70. The van der Waals surface area contributed by atoms with Gasteiger partial charge >= 0.3 is 6.09 Å². The van der Waals surface area contributed by atoms with E-state index in [4.69, 9.17) is 10.5 Å². The number of carbonyl (C=O) groups excluding carboxylic acids is 1. The average molecular weight is 173 g/mol. The average Bonchev–Trinajstić information content (AvgIpc) is 1.96. The highest BCUT2D eigenvalue weighted by Gasteiger charge is 2.13. The maximum atomic E-state index is 10.3. The number of rotatable bonds is 5. The van der Waals surface area contributed by atoms with Crippen molar-refractivity contribution < 1.29 is 9.53 Å². The smallest absolute Gasteiger partial charge is 0.404 e. The molecule has 0 spiro atoms. The highest BCUT2D eigenvalue weighted by Crippen LogP contribution is 2.16. The first-order chi connectivity index (χ1) is 5.57. The van der Waals surface area contributed by atoms with Gasteiger partial charge in [0.25, 0.3) is 0 Å². The van der Waals surface area contributed by atoms with Gasteiger partial charge in [0.05, 0.1) is 6.61 Å². The summed E-state index contributed by atoms with van der Waals surface area (Å²) >= 11 is 0. The van der Waals surface area contributed by atoms with Gasteiger partial charge in [0.1, 0.15) is 0 Å². The topological polar surface area (TPSA) is 52.3 Å². The third kappa shape index (κ3) is 4.99.